The van der Waals surface area contributed by atoms with Gasteiger partial charge in [0.2, 0.25) is 0 Å². The Hall–Kier alpha value is -2.24. The average molecular weight is 351 g/mol. The van der Waals surface area contributed by atoms with Crippen LogP contribution < -0.4 is 0 Å². The standard InChI is InChI=1S/C21H25N3O2/c25-21(18-8-4-5-10-22-18)24-11-9-19(23-12-14-26-15-13-23)20(24)16-17-6-2-1-3-7-17/h1-8,10,19-20H,9,11-16H2/t19-,20+/m0/s1. The molecule has 0 radical (unpaired) electrons. The summed E-state index contributed by atoms with van der Waals surface area (Å²) in [7, 11) is 0. The molecule has 2 atom stereocenters. The van der Waals surface area contributed by atoms with Gasteiger partial charge in [-0.1, -0.05) is 36.4 Å². The molecule has 5 heteroatoms. The highest BCUT2D eigenvalue weighted by molar-refractivity contribution is 5.92. The van der Waals surface area contributed by atoms with Crippen LogP contribution in [0.2, 0.25) is 0 Å². The quantitative estimate of drug-likeness (QED) is 0.848. The topological polar surface area (TPSA) is 45.7 Å². The van der Waals surface area contributed by atoms with Gasteiger partial charge in [-0.05, 0) is 30.5 Å². The highest BCUT2D eigenvalue weighted by atomic mass is 16.5. The van der Waals surface area contributed by atoms with E-state index in [4.69, 9.17) is 4.74 Å². The number of hydrogen-bond acceptors (Lipinski definition) is 4. The van der Waals surface area contributed by atoms with Crippen LogP contribution in [0, 0.1) is 0 Å². The molecular formula is C21H25N3O2. The van der Waals surface area contributed by atoms with Crippen molar-refractivity contribution < 1.29 is 9.53 Å². The Morgan fingerprint density at radius 3 is 2.54 bits per heavy atom. The number of rotatable bonds is 4. The van der Waals surface area contributed by atoms with Gasteiger partial charge in [-0.3, -0.25) is 14.7 Å². The molecule has 5 nitrogen and oxygen atoms in total. The highest BCUT2D eigenvalue weighted by Gasteiger charge is 2.40. The Labute approximate surface area is 154 Å². The van der Waals surface area contributed by atoms with E-state index in [2.05, 4.69) is 34.1 Å². The molecule has 0 unspecified atom stereocenters. The molecule has 0 N–H and O–H groups in total. The third-order valence-corrected chi connectivity index (χ3v) is 5.46. The molecule has 2 aliphatic heterocycles. The minimum atomic E-state index is 0.0438. The molecule has 1 amide bonds. The number of likely N-dealkylation sites (tertiary alicyclic amines) is 1. The maximum absolute atomic E-state index is 13.1. The minimum Gasteiger partial charge on any atom is -0.379 e. The average Bonchev–Trinajstić information content (AvgIpc) is 3.13. The molecule has 4 rings (SSSR count). The lowest BCUT2D eigenvalue weighted by Crippen LogP contribution is -2.51. The summed E-state index contributed by atoms with van der Waals surface area (Å²) >= 11 is 0. The fourth-order valence-electron chi connectivity index (χ4n) is 4.16. The third-order valence-electron chi connectivity index (χ3n) is 5.46. The van der Waals surface area contributed by atoms with Gasteiger partial charge in [0.25, 0.3) is 5.91 Å². The second-order valence-electron chi connectivity index (χ2n) is 6.97. The number of carbonyl (C=O) groups excluding carboxylic acids is 1. The van der Waals surface area contributed by atoms with Gasteiger partial charge in [0.05, 0.1) is 19.3 Å². The summed E-state index contributed by atoms with van der Waals surface area (Å²) < 4.78 is 5.52. The van der Waals surface area contributed by atoms with Crippen LogP contribution >= 0.6 is 0 Å². The molecule has 1 aromatic carbocycles. The molecule has 0 saturated carbocycles. The van der Waals surface area contributed by atoms with Crippen molar-refractivity contribution >= 4 is 5.91 Å². The number of morpholine rings is 1. The largest absolute Gasteiger partial charge is 0.379 e. The zero-order chi connectivity index (χ0) is 17.8. The van der Waals surface area contributed by atoms with Gasteiger partial charge in [0.15, 0.2) is 0 Å². The Morgan fingerprint density at radius 2 is 1.81 bits per heavy atom. The number of nitrogens with zero attached hydrogens (tertiary/aromatic N) is 3. The molecule has 3 heterocycles. The maximum Gasteiger partial charge on any atom is 0.272 e. The fraction of sp³-hybridized carbons (Fsp3) is 0.429. The molecule has 26 heavy (non-hydrogen) atoms. The van der Waals surface area contributed by atoms with E-state index < -0.39 is 0 Å². The molecule has 2 fully saturated rings. The van der Waals surface area contributed by atoms with Crippen LogP contribution in [0.1, 0.15) is 22.5 Å². The summed E-state index contributed by atoms with van der Waals surface area (Å²) in [5.74, 6) is 0.0438. The lowest BCUT2D eigenvalue weighted by atomic mass is 9.98. The zero-order valence-electron chi connectivity index (χ0n) is 15.0. The van der Waals surface area contributed by atoms with E-state index in [1.807, 2.05) is 29.2 Å². The Kier molecular flexibility index (Phi) is 5.27. The second kappa shape index (κ2) is 7.98. The van der Waals surface area contributed by atoms with E-state index in [1.165, 1.54) is 5.56 Å². The van der Waals surface area contributed by atoms with E-state index in [-0.39, 0.29) is 11.9 Å². The van der Waals surface area contributed by atoms with Gasteiger partial charge in [0, 0.05) is 31.9 Å². The van der Waals surface area contributed by atoms with Crippen LogP contribution in [0.3, 0.4) is 0 Å². The van der Waals surface area contributed by atoms with E-state index in [0.29, 0.717) is 11.7 Å². The molecule has 0 bridgehead atoms. The molecule has 0 spiro atoms. The van der Waals surface area contributed by atoms with Crippen molar-refractivity contribution in [3.8, 4) is 0 Å². The van der Waals surface area contributed by atoms with E-state index in [9.17, 15) is 4.79 Å². The summed E-state index contributed by atoms with van der Waals surface area (Å²) in [6, 6.07) is 16.6. The number of ether oxygens (including phenoxy) is 1. The smallest absolute Gasteiger partial charge is 0.272 e. The number of hydrogen-bond donors (Lipinski definition) is 0. The van der Waals surface area contributed by atoms with Crippen LogP contribution in [-0.4, -0.2) is 65.6 Å². The van der Waals surface area contributed by atoms with Crippen molar-refractivity contribution in [1.29, 1.82) is 0 Å². The van der Waals surface area contributed by atoms with Gasteiger partial charge in [-0.2, -0.15) is 0 Å². The summed E-state index contributed by atoms with van der Waals surface area (Å²) in [6.07, 6.45) is 3.58. The van der Waals surface area contributed by atoms with Crippen molar-refractivity contribution in [2.45, 2.75) is 24.9 Å². The first-order chi connectivity index (χ1) is 12.8. The summed E-state index contributed by atoms with van der Waals surface area (Å²) in [4.78, 5) is 21.9. The van der Waals surface area contributed by atoms with Crippen molar-refractivity contribution in [1.82, 2.24) is 14.8 Å². The Balaban J connectivity index is 1.58. The van der Waals surface area contributed by atoms with Crippen molar-refractivity contribution in [2.24, 2.45) is 0 Å². The fourth-order valence-corrected chi connectivity index (χ4v) is 4.16. The summed E-state index contributed by atoms with van der Waals surface area (Å²) in [6.45, 7) is 4.24. The van der Waals surface area contributed by atoms with E-state index >= 15 is 0 Å². The summed E-state index contributed by atoms with van der Waals surface area (Å²) in [5.41, 5.74) is 1.81. The van der Waals surface area contributed by atoms with Crippen molar-refractivity contribution in [3.05, 3.63) is 66.0 Å². The lowest BCUT2D eigenvalue weighted by Gasteiger charge is -2.37. The molecule has 0 aliphatic carbocycles. The second-order valence-corrected chi connectivity index (χ2v) is 6.97. The van der Waals surface area contributed by atoms with Gasteiger partial charge < -0.3 is 9.64 Å². The van der Waals surface area contributed by atoms with Gasteiger partial charge in [-0.25, -0.2) is 0 Å². The number of aromatic nitrogens is 1. The first-order valence-electron chi connectivity index (χ1n) is 9.40. The van der Waals surface area contributed by atoms with Crippen molar-refractivity contribution in [2.75, 3.05) is 32.8 Å². The minimum absolute atomic E-state index is 0.0438. The van der Waals surface area contributed by atoms with Gasteiger partial charge in [0.1, 0.15) is 5.69 Å². The van der Waals surface area contributed by atoms with Crippen LogP contribution in [0.5, 0.6) is 0 Å². The predicted molar refractivity (Wildman–Crippen MR) is 100 cm³/mol. The van der Waals surface area contributed by atoms with E-state index in [1.54, 1.807) is 6.20 Å². The van der Waals surface area contributed by atoms with Crippen LogP contribution in [0.15, 0.2) is 54.7 Å². The van der Waals surface area contributed by atoms with E-state index in [0.717, 1.165) is 45.7 Å². The molecule has 1 aromatic heterocycles. The molecule has 2 aliphatic rings. The Morgan fingerprint density at radius 1 is 1.04 bits per heavy atom. The Bertz CT molecular complexity index is 717. The third kappa shape index (κ3) is 3.64. The lowest BCUT2D eigenvalue weighted by molar-refractivity contribution is 0.00860. The molecular weight excluding hydrogens is 326 g/mol. The number of pyridine rings is 1. The monoisotopic (exact) mass is 351 g/mol. The zero-order valence-corrected chi connectivity index (χ0v) is 15.0. The highest BCUT2D eigenvalue weighted by Crippen LogP contribution is 2.28. The maximum atomic E-state index is 13.1. The first kappa shape index (κ1) is 17.2. The molecule has 2 saturated heterocycles. The van der Waals surface area contributed by atoms with Gasteiger partial charge >= 0.3 is 0 Å². The first-order valence-corrected chi connectivity index (χ1v) is 9.40. The molecule has 2 aromatic rings. The van der Waals surface area contributed by atoms with Crippen LogP contribution in [0.25, 0.3) is 0 Å². The SMILES string of the molecule is O=C(c1ccccn1)N1CC[C@H](N2CCOCC2)[C@H]1Cc1ccccc1. The van der Waals surface area contributed by atoms with Gasteiger partial charge in [-0.15, -0.1) is 0 Å². The number of benzene rings is 1. The summed E-state index contributed by atoms with van der Waals surface area (Å²) in [5, 5.41) is 0. The predicted octanol–water partition coefficient (Wildman–Crippen LogP) is 2.24. The number of carbonyl (C=O) groups is 1. The van der Waals surface area contributed by atoms with Crippen molar-refractivity contribution in [3.63, 3.8) is 0 Å². The molecule has 136 valence electrons. The number of amides is 1. The van der Waals surface area contributed by atoms with Crippen LogP contribution in [-0.2, 0) is 11.2 Å². The normalized spacial score (nSPS) is 23.9. The van der Waals surface area contributed by atoms with Crippen LogP contribution in [0.4, 0.5) is 0 Å².